The molecule has 0 radical (unpaired) electrons. The van der Waals surface area contributed by atoms with Gasteiger partial charge in [0.15, 0.2) is 0 Å². The van der Waals surface area contributed by atoms with E-state index in [-0.39, 0.29) is 24.0 Å². The number of aromatic nitrogens is 2. The van der Waals surface area contributed by atoms with Gasteiger partial charge in [0.05, 0.1) is 4.92 Å². The van der Waals surface area contributed by atoms with Crippen LogP contribution in [0.5, 0.6) is 11.6 Å². The predicted octanol–water partition coefficient (Wildman–Crippen LogP) is 2.94. The summed E-state index contributed by atoms with van der Waals surface area (Å²) < 4.78 is 10.8. The molecule has 2 aromatic rings. The number of esters is 1. The van der Waals surface area contributed by atoms with E-state index in [0.717, 1.165) is 6.33 Å². The Balaban J connectivity index is 2.33. The number of ether oxygens (including phenoxy) is 2. The summed E-state index contributed by atoms with van der Waals surface area (Å²) in [6.07, 6.45) is 6.47. The Labute approximate surface area is 162 Å². The lowest BCUT2D eigenvalue weighted by atomic mass is 10.2. The molecule has 0 aliphatic carbocycles. The van der Waals surface area contributed by atoms with Crippen molar-refractivity contribution in [2.75, 3.05) is 18.5 Å². The third kappa shape index (κ3) is 5.41. The Kier molecular flexibility index (Phi) is 6.15. The number of hydrogen-bond donors (Lipinski definition) is 0. The van der Waals surface area contributed by atoms with Crippen molar-refractivity contribution >= 4 is 17.5 Å². The van der Waals surface area contributed by atoms with Crippen LogP contribution in [0.2, 0.25) is 0 Å². The molecule has 0 fully saturated rings. The molecule has 0 amide bonds. The number of nitrogens with zero attached hydrogens (tertiary/aromatic N) is 4. The second-order valence-electron chi connectivity index (χ2n) is 6.82. The van der Waals surface area contributed by atoms with Gasteiger partial charge in [0.1, 0.15) is 24.2 Å². The van der Waals surface area contributed by atoms with Crippen LogP contribution in [-0.2, 0) is 9.53 Å². The molecule has 0 unspecified atom stereocenters. The Morgan fingerprint density at radius 1 is 1.36 bits per heavy atom. The van der Waals surface area contributed by atoms with Crippen molar-refractivity contribution in [1.82, 2.24) is 9.97 Å². The summed E-state index contributed by atoms with van der Waals surface area (Å²) in [6.45, 7) is 4.96. The minimum absolute atomic E-state index is 0.0750. The van der Waals surface area contributed by atoms with Crippen LogP contribution in [0.25, 0.3) is 0 Å². The molecule has 0 atom stereocenters. The molecule has 2 rings (SSSR count). The Morgan fingerprint density at radius 2 is 2.07 bits per heavy atom. The topological polar surface area (TPSA) is 108 Å². The normalized spacial score (nSPS) is 10.7. The average Bonchev–Trinajstić information content (AvgIpc) is 2.59. The zero-order valence-electron chi connectivity index (χ0n) is 16.0. The molecule has 0 bridgehead atoms. The molecule has 9 heteroatoms. The van der Waals surface area contributed by atoms with Crippen molar-refractivity contribution in [3.8, 4) is 24.0 Å². The monoisotopic (exact) mass is 384 g/mol. The molecule has 1 aromatic carbocycles. The molecule has 0 spiro atoms. The number of anilines is 1. The van der Waals surface area contributed by atoms with Crippen LogP contribution in [0.1, 0.15) is 26.3 Å². The summed E-state index contributed by atoms with van der Waals surface area (Å²) in [4.78, 5) is 32.1. The number of carbonyl (C=O) groups excluding carboxylic acids is 1. The highest BCUT2D eigenvalue weighted by Crippen LogP contribution is 2.35. The number of nitro groups is 1. The summed E-state index contributed by atoms with van der Waals surface area (Å²) in [5.41, 5.74) is -0.595. The zero-order valence-corrected chi connectivity index (χ0v) is 16.0. The first-order valence-electron chi connectivity index (χ1n) is 8.27. The van der Waals surface area contributed by atoms with Crippen LogP contribution >= 0.6 is 0 Å². The first kappa shape index (κ1) is 20.6. The Hall–Kier alpha value is -3.67. The maximum absolute atomic E-state index is 12.0. The third-order valence-corrected chi connectivity index (χ3v) is 3.32. The fraction of sp³-hybridized carbons (Fsp3) is 0.316. The van der Waals surface area contributed by atoms with Crippen LogP contribution in [0, 0.1) is 22.5 Å². The molecule has 0 aliphatic rings. The van der Waals surface area contributed by atoms with Gasteiger partial charge in [0, 0.05) is 12.6 Å². The SMILES string of the molecule is C#Cc1cccc(Oc2ncnc(N(C)CC(=O)OC(C)(C)C)c2[N+](=O)[O-])c1. The van der Waals surface area contributed by atoms with Gasteiger partial charge in [-0.3, -0.25) is 14.9 Å². The fourth-order valence-electron chi connectivity index (χ4n) is 2.27. The van der Waals surface area contributed by atoms with Crippen molar-refractivity contribution in [3.05, 3.63) is 46.3 Å². The van der Waals surface area contributed by atoms with Crippen LogP contribution in [-0.4, -0.2) is 40.1 Å². The van der Waals surface area contributed by atoms with Crippen molar-refractivity contribution < 1.29 is 19.2 Å². The number of carbonyl (C=O) groups is 1. The first-order chi connectivity index (χ1) is 13.1. The fourth-order valence-corrected chi connectivity index (χ4v) is 2.27. The lowest BCUT2D eigenvalue weighted by Crippen LogP contribution is -2.33. The molecular formula is C19H20N4O5. The summed E-state index contributed by atoms with van der Waals surface area (Å²) in [6, 6.07) is 6.50. The summed E-state index contributed by atoms with van der Waals surface area (Å²) in [5, 5.41) is 11.6. The molecule has 0 aliphatic heterocycles. The van der Waals surface area contributed by atoms with Crippen molar-refractivity contribution in [3.63, 3.8) is 0 Å². The lowest BCUT2D eigenvalue weighted by Gasteiger charge is -2.23. The summed E-state index contributed by atoms with van der Waals surface area (Å²) in [7, 11) is 1.49. The van der Waals surface area contributed by atoms with Gasteiger partial charge in [-0.2, -0.15) is 4.98 Å². The molecule has 1 aromatic heterocycles. The van der Waals surface area contributed by atoms with Crippen molar-refractivity contribution in [2.45, 2.75) is 26.4 Å². The average molecular weight is 384 g/mol. The minimum atomic E-state index is -0.675. The maximum Gasteiger partial charge on any atom is 0.373 e. The maximum atomic E-state index is 12.0. The smallest absolute Gasteiger partial charge is 0.373 e. The van der Waals surface area contributed by atoms with E-state index in [2.05, 4.69) is 15.9 Å². The second kappa shape index (κ2) is 8.35. The standard InChI is InChI=1S/C19H20N4O5/c1-6-13-8-7-9-14(10-13)27-18-16(23(25)26)17(20-12-21-18)22(5)11-15(24)28-19(2,3)4/h1,7-10,12H,11H2,2-5H3. The molecule has 9 nitrogen and oxygen atoms in total. The number of terminal acetylenes is 1. The van der Waals surface area contributed by atoms with E-state index >= 15 is 0 Å². The summed E-state index contributed by atoms with van der Waals surface area (Å²) in [5.74, 6) is 1.86. The van der Waals surface area contributed by atoms with Gasteiger partial charge in [0.25, 0.3) is 0 Å². The Morgan fingerprint density at radius 3 is 2.68 bits per heavy atom. The minimum Gasteiger partial charge on any atom is -0.459 e. The van der Waals surface area contributed by atoms with Gasteiger partial charge in [-0.15, -0.1) is 6.42 Å². The summed E-state index contributed by atoms with van der Waals surface area (Å²) >= 11 is 0. The zero-order chi connectivity index (χ0) is 20.9. The highest BCUT2D eigenvalue weighted by atomic mass is 16.6. The van der Waals surface area contributed by atoms with Crippen LogP contribution in [0.3, 0.4) is 0 Å². The molecule has 0 saturated heterocycles. The third-order valence-electron chi connectivity index (χ3n) is 3.32. The molecule has 0 N–H and O–H groups in total. The Bertz CT molecular complexity index is 931. The lowest BCUT2D eigenvalue weighted by molar-refractivity contribution is -0.385. The predicted molar refractivity (Wildman–Crippen MR) is 102 cm³/mol. The first-order valence-corrected chi connectivity index (χ1v) is 8.27. The van der Waals surface area contributed by atoms with Crippen molar-refractivity contribution in [1.29, 1.82) is 0 Å². The van der Waals surface area contributed by atoms with Crippen LogP contribution < -0.4 is 9.64 Å². The highest BCUT2D eigenvalue weighted by Gasteiger charge is 2.29. The molecule has 1 heterocycles. The number of hydrogen-bond acceptors (Lipinski definition) is 8. The molecule has 0 saturated carbocycles. The molecule has 28 heavy (non-hydrogen) atoms. The van der Waals surface area contributed by atoms with E-state index in [9.17, 15) is 14.9 Å². The van der Waals surface area contributed by atoms with Crippen molar-refractivity contribution in [2.24, 2.45) is 0 Å². The van der Waals surface area contributed by atoms with Crippen LogP contribution in [0.15, 0.2) is 30.6 Å². The highest BCUT2D eigenvalue weighted by molar-refractivity contribution is 5.77. The van der Waals surface area contributed by atoms with E-state index in [1.54, 1.807) is 45.0 Å². The van der Waals surface area contributed by atoms with E-state index in [0.29, 0.717) is 5.56 Å². The molecular weight excluding hydrogens is 364 g/mol. The quantitative estimate of drug-likeness (QED) is 0.324. The van der Waals surface area contributed by atoms with E-state index in [1.807, 2.05) is 0 Å². The van der Waals surface area contributed by atoms with Crippen LogP contribution in [0.4, 0.5) is 11.5 Å². The largest absolute Gasteiger partial charge is 0.459 e. The van der Waals surface area contributed by atoms with E-state index in [1.165, 1.54) is 11.9 Å². The van der Waals surface area contributed by atoms with Gasteiger partial charge in [0.2, 0.25) is 5.82 Å². The number of likely N-dealkylation sites (N-methyl/N-ethyl adjacent to an activating group) is 1. The molecule has 146 valence electrons. The van der Waals surface area contributed by atoms with Gasteiger partial charge >= 0.3 is 17.5 Å². The number of benzene rings is 1. The van der Waals surface area contributed by atoms with Gasteiger partial charge in [-0.05, 0) is 39.0 Å². The van der Waals surface area contributed by atoms with E-state index in [4.69, 9.17) is 15.9 Å². The van der Waals surface area contributed by atoms with Gasteiger partial charge < -0.3 is 14.4 Å². The number of rotatable bonds is 6. The van der Waals surface area contributed by atoms with E-state index < -0.39 is 22.2 Å². The van der Waals surface area contributed by atoms with Gasteiger partial charge in [-0.1, -0.05) is 12.0 Å². The second-order valence-corrected chi connectivity index (χ2v) is 6.82. The van der Waals surface area contributed by atoms with Gasteiger partial charge in [-0.25, -0.2) is 4.98 Å².